The molecule has 0 aliphatic heterocycles. The number of hydrogen-bond donors (Lipinski definition) is 2. The molecule has 2 rings (SSSR count). The largest absolute Gasteiger partial charge is 0.496 e. The summed E-state index contributed by atoms with van der Waals surface area (Å²) in [7, 11) is 1.64. The minimum atomic E-state index is -0.278. The van der Waals surface area contributed by atoms with Gasteiger partial charge in [0.05, 0.1) is 30.1 Å². The predicted molar refractivity (Wildman–Crippen MR) is 79.8 cm³/mol. The average Bonchev–Trinajstić information content (AvgIpc) is 2.82. The highest BCUT2D eigenvalue weighted by molar-refractivity contribution is 6.31. The zero-order valence-electron chi connectivity index (χ0n) is 11.9. The Morgan fingerprint density at radius 1 is 1.50 bits per heavy atom. The first-order valence-corrected chi connectivity index (χ1v) is 6.82. The van der Waals surface area contributed by atoms with Gasteiger partial charge >= 0.3 is 0 Å². The van der Waals surface area contributed by atoms with Crippen molar-refractivity contribution >= 4 is 11.6 Å². The summed E-state index contributed by atoms with van der Waals surface area (Å²) in [4.78, 5) is 0. The maximum atomic E-state index is 6.26. The fraction of sp³-hybridized carbons (Fsp3) is 0.357. The Balaban J connectivity index is 2.57. The molecule has 0 radical (unpaired) electrons. The van der Waals surface area contributed by atoms with Crippen molar-refractivity contribution in [3.63, 3.8) is 0 Å². The molecule has 108 valence electrons. The Hall–Kier alpha value is -1.56. The molecule has 1 aromatic heterocycles. The second-order valence-electron chi connectivity index (χ2n) is 4.54. The lowest BCUT2D eigenvalue weighted by atomic mass is 10.0. The molecular weight excluding hydrogens is 276 g/mol. The van der Waals surface area contributed by atoms with Gasteiger partial charge < -0.3 is 4.74 Å². The zero-order valence-corrected chi connectivity index (χ0v) is 12.6. The molecule has 0 bridgehead atoms. The van der Waals surface area contributed by atoms with Crippen molar-refractivity contribution in [2.24, 2.45) is 5.84 Å². The Morgan fingerprint density at radius 3 is 2.85 bits per heavy atom. The molecule has 0 saturated carbocycles. The van der Waals surface area contributed by atoms with Crippen molar-refractivity contribution in [2.75, 3.05) is 7.11 Å². The van der Waals surface area contributed by atoms with Gasteiger partial charge in [-0.2, -0.15) is 5.10 Å². The second-order valence-corrected chi connectivity index (χ2v) is 4.95. The number of benzene rings is 1. The highest BCUT2D eigenvalue weighted by atomic mass is 35.5. The molecule has 1 heterocycles. The van der Waals surface area contributed by atoms with Gasteiger partial charge in [-0.1, -0.05) is 29.3 Å². The standard InChI is InChI=1S/C14H19ClN4O/c1-4-19-14(11(15)8-17-19)13(18-16)10-7-9(2)5-6-12(10)20-3/h5-8,13,18H,4,16H2,1-3H3. The lowest BCUT2D eigenvalue weighted by molar-refractivity contribution is 0.402. The normalized spacial score (nSPS) is 12.4. The summed E-state index contributed by atoms with van der Waals surface area (Å²) in [5.41, 5.74) is 5.71. The lowest BCUT2D eigenvalue weighted by Gasteiger charge is -2.21. The number of methoxy groups -OCH3 is 1. The third kappa shape index (κ3) is 2.65. The quantitative estimate of drug-likeness (QED) is 0.656. The molecule has 0 aliphatic carbocycles. The Bertz CT molecular complexity index is 597. The van der Waals surface area contributed by atoms with Gasteiger partial charge in [0.2, 0.25) is 0 Å². The molecule has 1 atom stereocenters. The maximum absolute atomic E-state index is 6.26. The van der Waals surface area contributed by atoms with E-state index in [1.807, 2.05) is 36.7 Å². The first-order chi connectivity index (χ1) is 9.62. The van der Waals surface area contributed by atoms with Crippen LogP contribution in [0.15, 0.2) is 24.4 Å². The van der Waals surface area contributed by atoms with Crippen molar-refractivity contribution in [1.82, 2.24) is 15.2 Å². The fourth-order valence-electron chi connectivity index (χ4n) is 2.31. The molecule has 5 nitrogen and oxygen atoms in total. The smallest absolute Gasteiger partial charge is 0.124 e. The number of ether oxygens (including phenoxy) is 1. The minimum Gasteiger partial charge on any atom is -0.496 e. The molecule has 2 aromatic rings. The number of hydrogen-bond acceptors (Lipinski definition) is 4. The van der Waals surface area contributed by atoms with Gasteiger partial charge in [0.25, 0.3) is 0 Å². The van der Waals surface area contributed by atoms with Crippen LogP contribution in [0.2, 0.25) is 5.02 Å². The van der Waals surface area contributed by atoms with Crippen molar-refractivity contribution in [3.8, 4) is 5.75 Å². The number of hydrazine groups is 1. The fourth-order valence-corrected chi connectivity index (χ4v) is 2.56. The van der Waals surface area contributed by atoms with E-state index in [4.69, 9.17) is 22.2 Å². The van der Waals surface area contributed by atoms with Gasteiger partial charge in [-0.15, -0.1) is 0 Å². The highest BCUT2D eigenvalue weighted by Gasteiger charge is 2.23. The number of aryl methyl sites for hydroxylation is 2. The Kier molecular flexibility index (Phi) is 4.65. The molecule has 1 unspecified atom stereocenters. The van der Waals surface area contributed by atoms with Crippen LogP contribution in [0.1, 0.15) is 29.8 Å². The van der Waals surface area contributed by atoms with Crippen LogP contribution in [-0.2, 0) is 6.54 Å². The van der Waals surface area contributed by atoms with Gasteiger partial charge in [0.15, 0.2) is 0 Å². The van der Waals surface area contributed by atoms with Crippen LogP contribution in [-0.4, -0.2) is 16.9 Å². The number of aromatic nitrogens is 2. The summed E-state index contributed by atoms with van der Waals surface area (Å²) in [5, 5.41) is 4.84. The summed E-state index contributed by atoms with van der Waals surface area (Å²) >= 11 is 6.26. The molecule has 1 aromatic carbocycles. The van der Waals surface area contributed by atoms with E-state index in [9.17, 15) is 0 Å². The molecule has 20 heavy (non-hydrogen) atoms. The summed E-state index contributed by atoms with van der Waals surface area (Å²) in [6.07, 6.45) is 1.63. The average molecular weight is 295 g/mol. The maximum Gasteiger partial charge on any atom is 0.124 e. The van der Waals surface area contributed by atoms with E-state index >= 15 is 0 Å². The SMILES string of the molecule is CCn1ncc(Cl)c1C(NN)c1cc(C)ccc1OC. The van der Waals surface area contributed by atoms with E-state index in [2.05, 4.69) is 10.5 Å². The van der Waals surface area contributed by atoms with Crippen molar-refractivity contribution in [2.45, 2.75) is 26.4 Å². The number of nitrogens with zero attached hydrogens (tertiary/aromatic N) is 2. The lowest BCUT2D eigenvalue weighted by Crippen LogP contribution is -2.31. The van der Waals surface area contributed by atoms with Crippen molar-refractivity contribution < 1.29 is 4.74 Å². The summed E-state index contributed by atoms with van der Waals surface area (Å²) in [5.74, 6) is 6.52. The highest BCUT2D eigenvalue weighted by Crippen LogP contribution is 2.33. The summed E-state index contributed by atoms with van der Waals surface area (Å²) in [6, 6.07) is 5.68. The molecular formula is C14H19ClN4O. The van der Waals surface area contributed by atoms with Crippen LogP contribution < -0.4 is 16.0 Å². The Labute approximate surface area is 123 Å². The van der Waals surface area contributed by atoms with Crippen molar-refractivity contribution in [3.05, 3.63) is 46.2 Å². The van der Waals surface area contributed by atoms with E-state index in [-0.39, 0.29) is 6.04 Å². The van der Waals surface area contributed by atoms with Crippen LogP contribution in [0.5, 0.6) is 5.75 Å². The first kappa shape index (κ1) is 14.8. The van der Waals surface area contributed by atoms with Gasteiger partial charge in [0.1, 0.15) is 5.75 Å². The van der Waals surface area contributed by atoms with Crippen LogP contribution >= 0.6 is 11.6 Å². The Morgan fingerprint density at radius 2 is 2.25 bits per heavy atom. The molecule has 3 N–H and O–H groups in total. The third-order valence-electron chi connectivity index (χ3n) is 3.27. The van der Waals surface area contributed by atoms with E-state index in [0.29, 0.717) is 11.6 Å². The van der Waals surface area contributed by atoms with Crippen LogP contribution in [0.4, 0.5) is 0 Å². The molecule has 0 spiro atoms. The van der Waals surface area contributed by atoms with E-state index < -0.39 is 0 Å². The summed E-state index contributed by atoms with van der Waals surface area (Å²) in [6.45, 7) is 4.75. The summed E-state index contributed by atoms with van der Waals surface area (Å²) < 4.78 is 7.25. The van der Waals surface area contributed by atoms with Gasteiger partial charge in [0, 0.05) is 12.1 Å². The van der Waals surface area contributed by atoms with Gasteiger partial charge in [-0.25, -0.2) is 5.43 Å². The number of halogens is 1. The monoisotopic (exact) mass is 294 g/mol. The van der Waals surface area contributed by atoms with Gasteiger partial charge in [-0.3, -0.25) is 10.5 Å². The molecule has 0 amide bonds. The van der Waals surface area contributed by atoms with Crippen LogP contribution in [0.25, 0.3) is 0 Å². The van der Waals surface area contributed by atoms with Crippen LogP contribution in [0, 0.1) is 6.92 Å². The van der Waals surface area contributed by atoms with E-state index in [0.717, 1.165) is 22.6 Å². The van der Waals surface area contributed by atoms with E-state index in [1.165, 1.54) is 0 Å². The number of rotatable bonds is 5. The molecule has 0 aliphatic rings. The van der Waals surface area contributed by atoms with Crippen LogP contribution in [0.3, 0.4) is 0 Å². The van der Waals surface area contributed by atoms with Gasteiger partial charge in [-0.05, 0) is 19.9 Å². The van der Waals surface area contributed by atoms with E-state index in [1.54, 1.807) is 13.3 Å². The van der Waals surface area contributed by atoms with Crippen molar-refractivity contribution in [1.29, 1.82) is 0 Å². The first-order valence-electron chi connectivity index (χ1n) is 6.44. The topological polar surface area (TPSA) is 65.1 Å². The third-order valence-corrected chi connectivity index (χ3v) is 3.56. The predicted octanol–water partition coefficient (Wildman–Crippen LogP) is 2.43. The minimum absolute atomic E-state index is 0.278. The zero-order chi connectivity index (χ0) is 14.7. The number of nitrogens with one attached hydrogen (secondary N) is 1. The number of nitrogens with two attached hydrogens (primary N) is 1. The molecule has 0 saturated heterocycles. The molecule has 0 fully saturated rings. The molecule has 6 heteroatoms. The second kappa shape index (κ2) is 6.26.